The molecule has 3 aromatic rings. The van der Waals surface area contributed by atoms with Gasteiger partial charge in [0.25, 0.3) is 0 Å². The molecule has 0 aliphatic rings. The van der Waals surface area contributed by atoms with Crippen LogP contribution in [-0.2, 0) is 13.2 Å². The van der Waals surface area contributed by atoms with E-state index in [4.69, 9.17) is 21.1 Å². The highest BCUT2D eigenvalue weighted by Crippen LogP contribution is 2.29. The molecular weight excluding hydrogens is 358 g/mol. The second-order valence-corrected chi connectivity index (χ2v) is 6.94. The van der Waals surface area contributed by atoms with Gasteiger partial charge < -0.3 is 14.8 Å². The number of ether oxygens (including phenoxy) is 2. The van der Waals surface area contributed by atoms with Gasteiger partial charge in [-0.25, -0.2) is 0 Å². The summed E-state index contributed by atoms with van der Waals surface area (Å²) >= 11 is 6.02. The minimum atomic E-state index is 0.441. The molecule has 0 unspecified atom stereocenters. The van der Waals surface area contributed by atoms with Crippen molar-refractivity contribution in [3.05, 3.63) is 87.9 Å². The minimum absolute atomic E-state index is 0.441. The van der Waals surface area contributed by atoms with Crippen LogP contribution < -0.4 is 14.8 Å². The molecule has 0 atom stereocenters. The van der Waals surface area contributed by atoms with Crippen LogP contribution in [0.25, 0.3) is 0 Å². The molecule has 0 heterocycles. The average molecular weight is 382 g/mol. The maximum Gasteiger partial charge on any atom is 0.161 e. The molecule has 0 amide bonds. The Labute approximate surface area is 165 Å². The Kier molecular flexibility index (Phi) is 6.25. The standard InChI is InChI=1S/C23H24ClNO2/c1-16-6-4-9-21(17(16)2)25-14-18-10-11-22(23(13-18)26-3)27-15-19-7-5-8-20(24)12-19/h4-13,25H,14-15H2,1-3H3. The fourth-order valence-corrected chi connectivity index (χ4v) is 3.08. The van der Waals surface area contributed by atoms with Crippen LogP contribution in [-0.4, -0.2) is 7.11 Å². The van der Waals surface area contributed by atoms with Gasteiger partial charge in [-0.05, 0) is 66.4 Å². The minimum Gasteiger partial charge on any atom is -0.493 e. The number of hydrogen-bond acceptors (Lipinski definition) is 3. The molecule has 0 bridgehead atoms. The average Bonchev–Trinajstić information content (AvgIpc) is 2.68. The first kappa shape index (κ1) is 19.1. The first-order chi connectivity index (χ1) is 13.1. The fraction of sp³-hybridized carbons (Fsp3) is 0.217. The summed E-state index contributed by atoms with van der Waals surface area (Å²) in [6, 6.07) is 19.9. The van der Waals surface area contributed by atoms with E-state index in [-0.39, 0.29) is 0 Å². The van der Waals surface area contributed by atoms with Crippen LogP contribution in [0.2, 0.25) is 5.02 Å². The van der Waals surface area contributed by atoms with Gasteiger partial charge in [-0.1, -0.05) is 41.9 Å². The fourth-order valence-electron chi connectivity index (χ4n) is 2.87. The topological polar surface area (TPSA) is 30.5 Å². The van der Waals surface area contributed by atoms with E-state index in [1.807, 2.05) is 42.5 Å². The normalized spacial score (nSPS) is 10.5. The Morgan fingerprint density at radius 1 is 0.889 bits per heavy atom. The Balaban J connectivity index is 1.67. The third-order valence-corrected chi connectivity index (χ3v) is 4.83. The molecule has 4 heteroatoms. The van der Waals surface area contributed by atoms with Crippen molar-refractivity contribution >= 4 is 17.3 Å². The molecule has 0 radical (unpaired) electrons. The molecule has 0 aliphatic heterocycles. The third kappa shape index (κ3) is 4.95. The predicted octanol–water partition coefficient (Wildman–Crippen LogP) is 6.16. The molecule has 3 nitrogen and oxygen atoms in total. The summed E-state index contributed by atoms with van der Waals surface area (Å²) in [7, 11) is 1.66. The monoisotopic (exact) mass is 381 g/mol. The molecule has 140 valence electrons. The Morgan fingerprint density at radius 3 is 2.48 bits per heavy atom. The van der Waals surface area contributed by atoms with Gasteiger partial charge >= 0.3 is 0 Å². The smallest absolute Gasteiger partial charge is 0.161 e. The quantitative estimate of drug-likeness (QED) is 0.531. The molecule has 1 N–H and O–H groups in total. The van der Waals surface area contributed by atoms with Crippen molar-refractivity contribution in [1.29, 1.82) is 0 Å². The molecule has 27 heavy (non-hydrogen) atoms. The van der Waals surface area contributed by atoms with Crippen LogP contribution in [0.1, 0.15) is 22.3 Å². The summed E-state index contributed by atoms with van der Waals surface area (Å²) in [6.45, 7) is 5.41. The van der Waals surface area contributed by atoms with E-state index >= 15 is 0 Å². The van der Waals surface area contributed by atoms with E-state index in [0.717, 1.165) is 29.1 Å². The lowest BCUT2D eigenvalue weighted by Crippen LogP contribution is -2.03. The number of benzene rings is 3. The summed E-state index contributed by atoms with van der Waals surface area (Å²) in [5.74, 6) is 1.44. The second kappa shape index (κ2) is 8.83. The van der Waals surface area contributed by atoms with Crippen molar-refractivity contribution < 1.29 is 9.47 Å². The highest BCUT2D eigenvalue weighted by atomic mass is 35.5. The number of nitrogens with one attached hydrogen (secondary N) is 1. The van der Waals surface area contributed by atoms with Crippen molar-refractivity contribution in [3.8, 4) is 11.5 Å². The van der Waals surface area contributed by atoms with Crippen molar-refractivity contribution in [2.75, 3.05) is 12.4 Å². The first-order valence-electron chi connectivity index (χ1n) is 8.91. The van der Waals surface area contributed by atoms with Gasteiger partial charge in [0.15, 0.2) is 11.5 Å². The van der Waals surface area contributed by atoms with Gasteiger partial charge in [0.05, 0.1) is 7.11 Å². The van der Waals surface area contributed by atoms with E-state index in [9.17, 15) is 0 Å². The van der Waals surface area contributed by atoms with E-state index in [1.54, 1.807) is 7.11 Å². The zero-order valence-electron chi connectivity index (χ0n) is 15.9. The number of anilines is 1. The van der Waals surface area contributed by atoms with E-state index in [2.05, 4.69) is 37.4 Å². The number of aryl methyl sites for hydroxylation is 1. The van der Waals surface area contributed by atoms with Gasteiger partial charge in [-0.15, -0.1) is 0 Å². The van der Waals surface area contributed by atoms with Crippen molar-refractivity contribution in [2.45, 2.75) is 27.0 Å². The summed E-state index contributed by atoms with van der Waals surface area (Å²) < 4.78 is 11.4. The van der Waals surface area contributed by atoms with Crippen LogP contribution in [0, 0.1) is 13.8 Å². The largest absolute Gasteiger partial charge is 0.493 e. The zero-order valence-corrected chi connectivity index (χ0v) is 16.6. The Morgan fingerprint density at radius 2 is 1.70 bits per heavy atom. The van der Waals surface area contributed by atoms with Gasteiger partial charge in [0.2, 0.25) is 0 Å². The molecule has 0 aliphatic carbocycles. The summed E-state index contributed by atoms with van der Waals surface area (Å²) in [6.07, 6.45) is 0. The van der Waals surface area contributed by atoms with Crippen LogP contribution in [0.4, 0.5) is 5.69 Å². The molecule has 3 aromatic carbocycles. The van der Waals surface area contributed by atoms with E-state index < -0.39 is 0 Å². The van der Waals surface area contributed by atoms with Crippen LogP contribution in [0.15, 0.2) is 60.7 Å². The third-order valence-electron chi connectivity index (χ3n) is 4.60. The summed E-state index contributed by atoms with van der Waals surface area (Å²) in [4.78, 5) is 0. The maximum absolute atomic E-state index is 6.02. The van der Waals surface area contributed by atoms with Gasteiger partial charge in [-0.3, -0.25) is 0 Å². The predicted molar refractivity (Wildman–Crippen MR) is 112 cm³/mol. The van der Waals surface area contributed by atoms with Crippen molar-refractivity contribution in [2.24, 2.45) is 0 Å². The lowest BCUT2D eigenvalue weighted by Gasteiger charge is -2.14. The molecule has 0 saturated heterocycles. The molecule has 0 spiro atoms. The van der Waals surface area contributed by atoms with E-state index in [0.29, 0.717) is 17.4 Å². The second-order valence-electron chi connectivity index (χ2n) is 6.50. The lowest BCUT2D eigenvalue weighted by atomic mass is 10.1. The van der Waals surface area contributed by atoms with Gasteiger partial charge in [-0.2, -0.15) is 0 Å². The number of hydrogen-bond donors (Lipinski definition) is 1. The zero-order chi connectivity index (χ0) is 19.2. The Hall–Kier alpha value is -2.65. The van der Waals surface area contributed by atoms with Gasteiger partial charge in [0.1, 0.15) is 6.61 Å². The van der Waals surface area contributed by atoms with Crippen molar-refractivity contribution in [3.63, 3.8) is 0 Å². The Bertz CT molecular complexity index is 924. The molecule has 3 rings (SSSR count). The van der Waals surface area contributed by atoms with E-state index in [1.165, 1.54) is 11.1 Å². The molecule has 0 fully saturated rings. The SMILES string of the molecule is COc1cc(CNc2cccc(C)c2C)ccc1OCc1cccc(Cl)c1. The van der Waals surface area contributed by atoms with Crippen LogP contribution >= 0.6 is 11.6 Å². The maximum atomic E-state index is 6.02. The first-order valence-corrected chi connectivity index (χ1v) is 9.29. The number of rotatable bonds is 7. The van der Waals surface area contributed by atoms with Crippen molar-refractivity contribution in [1.82, 2.24) is 0 Å². The highest BCUT2D eigenvalue weighted by Gasteiger charge is 2.07. The number of methoxy groups -OCH3 is 1. The molecule has 0 saturated carbocycles. The van der Waals surface area contributed by atoms with Gasteiger partial charge in [0, 0.05) is 17.3 Å². The molecule has 0 aromatic heterocycles. The summed E-state index contributed by atoms with van der Waals surface area (Å²) in [5, 5.41) is 4.20. The van der Waals surface area contributed by atoms with Crippen LogP contribution in [0.5, 0.6) is 11.5 Å². The van der Waals surface area contributed by atoms with Crippen LogP contribution in [0.3, 0.4) is 0 Å². The summed E-state index contributed by atoms with van der Waals surface area (Å²) in [5.41, 5.74) is 5.84. The molecular formula is C23H24ClNO2. The number of halogens is 1. The lowest BCUT2D eigenvalue weighted by molar-refractivity contribution is 0.284. The highest BCUT2D eigenvalue weighted by molar-refractivity contribution is 6.30.